The minimum absolute atomic E-state index is 0.147. The number of carbonyl (C=O) groups is 1. The second-order valence-electron chi connectivity index (χ2n) is 4.85. The van der Waals surface area contributed by atoms with Crippen LogP contribution in [0.15, 0.2) is 42.6 Å². The summed E-state index contributed by atoms with van der Waals surface area (Å²) in [6.45, 7) is 0.935. The first-order valence-corrected chi connectivity index (χ1v) is 7.18. The Hall–Kier alpha value is -2.27. The maximum absolute atomic E-state index is 12.1. The first-order valence-electron chi connectivity index (χ1n) is 6.81. The molecule has 2 aromatic rings. The zero-order valence-electron chi connectivity index (χ0n) is 12.5. The van der Waals surface area contributed by atoms with E-state index in [1.54, 1.807) is 31.3 Å². The molecule has 0 aliphatic heterocycles. The third-order valence-electron chi connectivity index (χ3n) is 3.13. The van der Waals surface area contributed by atoms with Crippen LogP contribution < -0.4 is 10.1 Å². The van der Waals surface area contributed by atoms with Crippen molar-refractivity contribution in [3.63, 3.8) is 0 Å². The highest BCUT2D eigenvalue weighted by Gasteiger charge is 2.08. The zero-order valence-corrected chi connectivity index (χ0v) is 13.3. The molecule has 0 aliphatic rings. The molecule has 0 saturated carbocycles. The number of pyridine rings is 1. The fourth-order valence-electron chi connectivity index (χ4n) is 1.88. The van der Waals surface area contributed by atoms with Gasteiger partial charge in [0.15, 0.2) is 0 Å². The molecule has 0 spiro atoms. The van der Waals surface area contributed by atoms with Gasteiger partial charge in [-0.15, -0.1) is 0 Å². The van der Waals surface area contributed by atoms with Crippen molar-refractivity contribution in [2.24, 2.45) is 0 Å². The number of hydrogen-bond donors (Lipinski definition) is 1. The van der Waals surface area contributed by atoms with Crippen LogP contribution in [-0.2, 0) is 13.1 Å². The molecule has 2 rings (SSSR count). The van der Waals surface area contributed by atoms with Crippen molar-refractivity contribution in [3.8, 4) is 5.88 Å². The summed E-state index contributed by atoms with van der Waals surface area (Å²) in [7, 11) is 3.31. The summed E-state index contributed by atoms with van der Waals surface area (Å²) in [4.78, 5) is 17.8. The molecule has 2 amide bonds. The van der Waals surface area contributed by atoms with Crippen molar-refractivity contribution in [1.82, 2.24) is 15.2 Å². The number of halogens is 1. The molecule has 1 aromatic carbocycles. The molecule has 5 nitrogen and oxygen atoms in total. The maximum Gasteiger partial charge on any atom is 0.317 e. The van der Waals surface area contributed by atoms with Crippen LogP contribution in [0.2, 0.25) is 5.02 Å². The molecule has 0 fully saturated rings. The lowest BCUT2D eigenvalue weighted by Crippen LogP contribution is -2.36. The van der Waals surface area contributed by atoms with Gasteiger partial charge in [0.1, 0.15) is 0 Å². The molecule has 1 N–H and O–H groups in total. The average Bonchev–Trinajstić information content (AvgIpc) is 2.55. The van der Waals surface area contributed by atoms with Crippen molar-refractivity contribution < 1.29 is 9.53 Å². The van der Waals surface area contributed by atoms with Gasteiger partial charge in [-0.1, -0.05) is 29.8 Å². The molecular formula is C16H18ClN3O2. The van der Waals surface area contributed by atoms with Crippen LogP contribution in [0.5, 0.6) is 5.88 Å². The van der Waals surface area contributed by atoms with E-state index < -0.39 is 0 Å². The number of carbonyl (C=O) groups excluding carboxylic acids is 1. The number of hydrogen-bond acceptors (Lipinski definition) is 3. The fraction of sp³-hybridized carbons (Fsp3) is 0.250. The Morgan fingerprint density at radius 1 is 1.23 bits per heavy atom. The van der Waals surface area contributed by atoms with E-state index in [2.05, 4.69) is 10.3 Å². The van der Waals surface area contributed by atoms with E-state index in [1.807, 2.05) is 30.3 Å². The third-order valence-corrected chi connectivity index (χ3v) is 3.38. The van der Waals surface area contributed by atoms with Crippen molar-refractivity contribution in [2.45, 2.75) is 13.1 Å². The molecule has 0 aliphatic carbocycles. The molecule has 0 unspecified atom stereocenters. The zero-order chi connectivity index (χ0) is 15.9. The smallest absolute Gasteiger partial charge is 0.317 e. The summed E-state index contributed by atoms with van der Waals surface area (Å²) in [6.07, 6.45) is 1.68. The minimum Gasteiger partial charge on any atom is -0.481 e. The van der Waals surface area contributed by atoms with Gasteiger partial charge in [-0.25, -0.2) is 9.78 Å². The molecule has 0 saturated heterocycles. The second-order valence-corrected chi connectivity index (χ2v) is 5.29. The van der Waals surface area contributed by atoms with Crippen LogP contribution in [0.3, 0.4) is 0 Å². The molecular weight excluding hydrogens is 302 g/mol. The van der Waals surface area contributed by atoms with E-state index in [0.717, 1.165) is 11.1 Å². The van der Waals surface area contributed by atoms with Gasteiger partial charge in [-0.2, -0.15) is 0 Å². The van der Waals surface area contributed by atoms with Gasteiger partial charge < -0.3 is 15.0 Å². The second kappa shape index (κ2) is 7.66. The van der Waals surface area contributed by atoms with Gasteiger partial charge in [-0.3, -0.25) is 0 Å². The lowest BCUT2D eigenvalue weighted by Gasteiger charge is -2.18. The highest BCUT2D eigenvalue weighted by Crippen LogP contribution is 2.11. The summed E-state index contributed by atoms with van der Waals surface area (Å²) in [6, 6.07) is 10.9. The summed E-state index contributed by atoms with van der Waals surface area (Å²) in [5.74, 6) is 0.551. The number of nitrogens with zero attached hydrogens (tertiary/aromatic N) is 2. The molecule has 1 heterocycles. The Balaban J connectivity index is 1.84. The molecule has 1 aromatic heterocycles. The Bertz CT molecular complexity index is 614. The van der Waals surface area contributed by atoms with Gasteiger partial charge in [-0.05, 0) is 23.3 Å². The van der Waals surface area contributed by atoms with E-state index >= 15 is 0 Å². The van der Waals surface area contributed by atoms with Crippen molar-refractivity contribution in [1.29, 1.82) is 0 Å². The van der Waals surface area contributed by atoms with E-state index in [-0.39, 0.29) is 6.03 Å². The Kier molecular flexibility index (Phi) is 5.61. The van der Waals surface area contributed by atoms with E-state index in [1.165, 1.54) is 0 Å². The van der Waals surface area contributed by atoms with E-state index in [4.69, 9.17) is 16.3 Å². The molecule has 22 heavy (non-hydrogen) atoms. The number of nitrogens with one attached hydrogen (secondary N) is 1. The van der Waals surface area contributed by atoms with Gasteiger partial charge in [0.2, 0.25) is 5.88 Å². The third kappa shape index (κ3) is 4.63. The van der Waals surface area contributed by atoms with Crippen LogP contribution in [0.4, 0.5) is 4.79 Å². The largest absolute Gasteiger partial charge is 0.481 e. The van der Waals surface area contributed by atoms with Crippen LogP contribution in [0, 0.1) is 0 Å². The summed E-state index contributed by atoms with van der Waals surface area (Å²) in [5.41, 5.74) is 1.93. The molecule has 116 valence electrons. The summed E-state index contributed by atoms with van der Waals surface area (Å²) >= 11 is 5.84. The van der Waals surface area contributed by atoms with E-state index in [0.29, 0.717) is 24.0 Å². The fourth-order valence-corrected chi connectivity index (χ4v) is 2.01. The molecule has 0 atom stereocenters. The number of ether oxygens (including phenoxy) is 1. The summed E-state index contributed by atoms with van der Waals surface area (Å²) in [5, 5.41) is 3.53. The normalized spacial score (nSPS) is 10.1. The van der Waals surface area contributed by atoms with Crippen molar-refractivity contribution >= 4 is 17.6 Å². The van der Waals surface area contributed by atoms with Gasteiger partial charge in [0.25, 0.3) is 0 Å². The number of amides is 2. The SMILES string of the molecule is COc1ccc(CNC(=O)N(C)Cc2ccc(Cl)cc2)cn1. The lowest BCUT2D eigenvalue weighted by molar-refractivity contribution is 0.206. The van der Waals surface area contributed by atoms with Crippen LogP contribution in [0.25, 0.3) is 0 Å². The van der Waals surface area contributed by atoms with Crippen molar-refractivity contribution in [3.05, 3.63) is 58.7 Å². The quantitative estimate of drug-likeness (QED) is 0.921. The Morgan fingerprint density at radius 3 is 2.50 bits per heavy atom. The highest BCUT2D eigenvalue weighted by molar-refractivity contribution is 6.30. The van der Waals surface area contributed by atoms with Crippen LogP contribution in [0.1, 0.15) is 11.1 Å². The first-order chi connectivity index (χ1) is 10.6. The number of aromatic nitrogens is 1. The topological polar surface area (TPSA) is 54.5 Å². The lowest BCUT2D eigenvalue weighted by atomic mass is 10.2. The van der Waals surface area contributed by atoms with E-state index in [9.17, 15) is 4.79 Å². The molecule has 0 bridgehead atoms. The predicted octanol–water partition coefficient (Wildman–Crippen LogP) is 3.09. The Morgan fingerprint density at radius 2 is 1.91 bits per heavy atom. The number of urea groups is 1. The molecule has 6 heteroatoms. The van der Waals surface area contributed by atoms with Crippen LogP contribution in [-0.4, -0.2) is 30.1 Å². The standard InChI is InChI=1S/C16H18ClN3O2/c1-20(11-12-3-6-14(17)7-4-12)16(21)19-10-13-5-8-15(22-2)18-9-13/h3-9H,10-11H2,1-2H3,(H,19,21). The minimum atomic E-state index is -0.147. The summed E-state index contributed by atoms with van der Waals surface area (Å²) < 4.78 is 4.99. The predicted molar refractivity (Wildman–Crippen MR) is 85.9 cm³/mol. The first kappa shape index (κ1) is 16.1. The van der Waals surface area contributed by atoms with Crippen molar-refractivity contribution in [2.75, 3.05) is 14.2 Å². The van der Waals surface area contributed by atoms with Gasteiger partial charge >= 0.3 is 6.03 Å². The molecule has 0 radical (unpaired) electrons. The monoisotopic (exact) mass is 319 g/mol. The average molecular weight is 320 g/mol. The highest BCUT2D eigenvalue weighted by atomic mass is 35.5. The maximum atomic E-state index is 12.1. The number of rotatable bonds is 5. The number of benzene rings is 1. The van der Waals surface area contributed by atoms with Gasteiger partial charge in [0.05, 0.1) is 7.11 Å². The van der Waals surface area contributed by atoms with Crippen LogP contribution >= 0.6 is 11.6 Å². The Labute approximate surface area is 134 Å². The van der Waals surface area contributed by atoms with Gasteiger partial charge in [0, 0.05) is 37.4 Å². The number of methoxy groups -OCH3 is 1.